The highest BCUT2D eigenvalue weighted by molar-refractivity contribution is 6.29. The summed E-state index contributed by atoms with van der Waals surface area (Å²) in [5.74, 6) is 0. The molecule has 4 nitrogen and oxygen atoms in total. The van der Waals surface area contributed by atoms with Gasteiger partial charge in [0.15, 0.2) is 5.65 Å². The monoisotopic (exact) mass is 298 g/mol. The van der Waals surface area contributed by atoms with Crippen molar-refractivity contribution in [2.24, 2.45) is 0 Å². The van der Waals surface area contributed by atoms with Crippen molar-refractivity contribution in [2.45, 2.75) is 6.18 Å². The fourth-order valence-corrected chi connectivity index (χ4v) is 1.97. The predicted octanol–water partition coefficient (Wildman–Crippen LogP) is 3.46. The van der Waals surface area contributed by atoms with E-state index in [2.05, 4.69) is 15.1 Å². The van der Waals surface area contributed by atoms with Crippen molar-refractivity contribution in [2.75, 3.05) is 0 Å². The van der Waals surface area contributed by atoms with Crippen LogP contribution in [0.25, 0.3) is 16.9 Å². The lowest BCUT2D eigenvalue weighted by Crippen LogP contribution is -2.09. The molecule has 0 aliphatic carbocycles. The molecule has 0 unspecified atom stereocenters. The van der Waals surface area contributed by atoms with Crippen LogP contribution in [-0.4, -0.2) is 19.6 Å². The standard InChI is InChI=1S/C12H6ClF3N4/c13-10-6-9(12(14,15)16)18-11-5-8(19-20(10)11)7-1-3-17-4-2-7/h1-6H. The molecular formula is C12H6ClF3N4. The number of alkyl halides is 3. The van der Waals surface area contributed by atoms with Gasteiger partial charge in [0.1, 0.15) is 10.8 Å². The normalized spacial score (nSPS) is 12.0. The lowest BCUT2D eigenvalue weighted by molar-refractivity contribution is -0.141. The maximum atomic E-state index is 12.7. The Morgan fingerprint density at radius 1 is 1.10 bits per heavy atom. The van der Waals surface area contributed by atoms with Gasteiger partial charge in [0.05, 0.1) is 5.69 Å². The van der Waals surface area contributed by atoms with Gasteiger partial charge in [0.2, 0.25) is 0 Å². The molecule has 0 atom stereocenters. The number of fused-ring (bicyclic) bond motifs is 1. The van der Waals surface area contributed by atoms with Gasteiger partial charge in [0, 0.05) is 30.1 Å². The zero-order chi connectivity index (χ0) is 14.3. The second kappa shape index (κ2) is 4.45. The van der Waals surface area contributed by atoms with Crippen LogP contribution in [0.5, 0.6) is 0 Å². The largest absolute Gasteiger partial charge is 0.433 e. The molecule has 8 heteroatoms. The van der Waals surface area contributed by atoms with E-state index in [0.717, 1.165) is 16.1 Å². The quantitative estimate of drug-likeness (QED) is 0.646. The van der Waals surface area contributed by atoms with Crippen molar-refractivity contribution in [3.8, 4) is 11.3 Å². The molecule has 0 spiro atoms. The Kier molecular flexibility index (Phi) is 2.86. The van der Waals surface area contributed by atoms with Crippen LogP contribution in [0.2, 0.25) is 5.15 Å². The topological polar surface area (TPSA) is 43.1 Å². The third kappa shape index (κ3) is 2.20. The van der Waals surface area contributed by atoms with E-state index >= 15 is 0 Å². The molecule has 3 aromatic rings. The molecule has 0 fully saturated rings. The number of hydrogen-bond donors (Lipinski definition) is 0. The van der Waals surface area contributed by atoms with E-state index < -0.39 is 11.9 Å². The third-order valence-corrected chi connectivity index (χ3v) is 2.92. The van der Waals surface area contributed by atoms with E-state index in [0.29, 0.717) is 5.69 Å². The molecule has 3 aromatic heterocycles. The van der Waals surface area contributed by atoms with E-state index in [1.807, 2.05) is 0 Å². The number of halogens is 4. The van der Waals surface area contributed by atoms with Gasteiger partial charge in [0.25, 0.3) is 0 Å². The Balaban J connectivity index is 2.19. The first kappa shape index (κ1) is 12.9. The van der Waals surface area contributed by atoms with E-state index in [-0.39, 0.29) is 10.8 Å². The van der Waals surface area contributed by atoms with Crippen LogP contribution in [0.1, 0.15) is 5.69 Å². The summed E-state index contributed by atoms with van der Waals surface area (Å²) in [6, 6.07) is 5.58. The Morgan fingerprint density at radius 2 is 1.80 bits per heavy atom. The molecule has 3 heterocycles. The van der Waals surface area contributed by atoms with E-state index in [4.69, 9.17) is 11.6 Å². The highest BCUT2D eigenvalue weighted by Gasteiger charge is 2.33. The average molecular weight is 299 g/mol. The van der Waals surface area contributed by atoms with Gasteiger partial charge >= 0.3 is 6.18 Å². The summed E-state index contributed by atoms with van der Waals surface area (Å²) in [6.07, 6.45) is -1.42. The van der Waals surface area contributed by atoms with Crippen LogP contribution in [0.3, 0.4) is 0 Å². The SMILES string of the molecule is FC(F)(F)c1cc(Cl)n2nc(-c3ccncc3)cc2n1. The molecule has 0 amide bonds. The lowest BCUT2D eigenvalue weighted by atomic mass is 10.2. The Bertz CT molecular complexity index is 767. The third-order valence-electron chi connectivity index (χ3n) is 2.65. The van der Waals surface area contributed by atoms with Crippen LogP contribution >= 0.6 is 11.6 Å². The summed E-state index contributed by atoms with van der Waals surface area (Å²) in [5.41, 5.74) is 0.184. The van der Waals surface area contributed by atoms with Crippen LogP contribution in [0, 0.1) is 0 Å². The summed E-state index contributed by atoms with van der Waals surface area (Å²) in [7, 11) is 0. The molecule has 0 radical (unpaired) electrons. The van der Waals surface area contributed by atoms with Crippen molar-refractivity contribution in [1.29, 1.82) is 0 Å². The summed E-state index contributed by atoms with van der Waals surface area (Å²) >= 11 is 5.82. The fraction of sp³-hybridized carbons (Fsp3) is 0.0833. The second-order valence-electron chi connectivity index (χ2n) is 4.00. The van der Waals surface area contributed by atoms with Gasteiger partial charge in [-0.3, -0.25) is 4.98 Å². The van der Waals surface area contributed by atoms with Crippen LogP contribution < -0.4 is 0 Å². The van der Waals surface area contributed by atoms with Gasteiger partial charge in [-0.2, -0.15) is 18.3 Å². The minimum Gasteiger partial charge on any atom is -0.265 e. The molecule has 0 N–H and O–H groups in total. The summed E-state index contributed by atoms with van der Waals surface area (Å²) in [6.45, 7) is 0. The van der Waals surface area contributed by atoms with Gasteiger partial charge in [-0.25, -0.2) is 9.50 Å². The first-order valence-corrected chi connectivity index (χ1v) is 5.87. The number of rotatable bonds is 1. The van der Waals surface area contributed by atoms with E-state index in [9.17, 15) is 13.2 Å². The van der Waals surface area contributed by atoms with Gasteiger partial charge < -0.3 is 0 Å². The van der Waals surface area contributed by atoms with Crippen molar-refractivity contribution in [3.05, 3.63) is 47.5 Å². The minimum atomic E-state index is -4.55. The number of hydrogen-bond acceptors (Lipinski definition) is 3. The molecule has 102 valence electrons. The number of nitrogens with zero attached hydrogens (tertiary/aromatic N) is 4. The lowest BCUT2D eigenvalue weighted by Gasteiger charge is -2.06. The van der Waals surface area contributed by atoms with E-state index in [1.54, 1.807) is 24.5 Å². The van der Waals surface area contributed by atoms with Gasteiger partial charge in [-0.05, 0) is 12.1 Å². The molecule has 0 saturated carbocycles. The molecule has 0 bridgehead atoms. The first-order valence-electron chi connectivity index (χ1n) is 5.49. The van der Waals surface area contributed by atoms with E-state index in [1.165, 1.54) is 6.07 Å². The second-order valence-corrected chi connectivity index (χ2v) is 4.38. The number of aromatic nitrogens is 4. The predicted molar refractivity (Wildman–Crippen MR) is 66.2 cm³/mol. The van der Waals surface area contributed by atoms with Crippen molar-refractivity contribution in [1.82, 2.24) is 19.6 Å². The summed E-state index contributed by atoms with van der Waals surface area (Å²) < 4.78 is 39.2. The zero-order valence-corrected chi connectivity index (χ0v) is 10.5. The van der Waals surface area contributed by atoms with Crippen LogP contribution in [-0.2, 0) is 6.18 Å². The van der Waals surface area contributed by atoms with Crippen molar-refractivity contribution in [3.63, 3.8) is 0 Å². The molecule has 0 aliphatic heterocycles. The number of pyridine rings is 1. The summed E-state index contributed by atoms with van der Waals surface area (Å²) in [5, 5.41) is 3.98. The van der Waals surface area contributed by atoms with Crippen LogP contribution in [0.15, 0.2) is 36.7 Å². The highest BCUT2D eigenvalue weighted by atomic mass is 35.5. The maximum Gasteiger partial charge on any atom is 0.433 e. The van der Waals surface area contributed by atoms with Crippen molar-refractivity contribution >= 4 is 17.2 Å². The molecule has 0 aromatic carbocycles. The van der Waals surface area contributed by atoms with Crippen LogP contribution in [0.4, 0.5) is 13.2 Å². The van der Waals surface area contributed by atoms with Gasteiger partial charge in [-0.15, -0.1) is 0 Å². The zero-order valence-electron chi connectivity index (χ0n) is 9.76. The Hall–Kier alpha value is -2.15. The molecule has 0 aliphatic rings. The molecule has 0 saturated heterocycles. The molecule has 20 heavy (non-hydrogen) atoms. The Morgan fingerprint density at radius 3 is 2.45 bits per heavy atom. The maximum absolute atomic E-state index is 12.7. The van der Waals surface area contributed by atoms with Gasteiger partial charge in [-0.1, -0.05) is 11.6 Å². The average Bonchev–Trinajstić information content (AvgIpc) is 2.83. The summed E-state index contributed by atoms with van der Waals surface area (Å²) in [4.78, 5) is 7.39. The first-order chi connectivity index (χ1) is 9.45. The minimum absolute atomic E-state index is 0.0386. The van der Waals surface area contributed by atoms with Crippen molar-refractivity contribution < 1.29 is 13.2 Å². The fourth-order valence-electron chi connectivity index (χ4n) is 1.75. The molecular weight excluding hydrogens is 293 g/mol. The Labute approximate surface area is 115 Å². The smallest absolute Gasteiger partial charge is 0.265 e. The molecule has 3 rings (SSSR count). The highest BCUT2D eigenvalue weighted by Crippen LogP contribution is 2.30.